The first kappa shape index (κ1) is 12.7. The summed E-state index contributed by atoms with van der Waals surface area (Å²) in [6.07, 6.45) is 2.68. The van der Waals surface area contributed by atoms with Gasteiger partial charge in [0.15, 0.2) is 5.11 Å². The van der Waals surface area contributed by atoms with E-state index in [0.717, 1.165) is 12.8 Å². The fourth-order valence-corrected chi connectivity index (χ4v) is 1.99. The first-order valence-corrected chi connectivity index (χ1v) is 5.49. The standard InChI is InChI=1S/C9H15N3O3S/c10-9(16)12-11-7(13)5-3-1-2-4-6(5)8(14)15/h5-6H,1-4H2,(H,11,13)(H,14,15)(H3,10,12,16)/p-1. The zero-order chi connectivity index (χ0) is 12.1. The lowest BCUT2D eigenvalue weighted by atomic mass is 9.79. The molecule has 16 heavy (non-hydrogen) atoms. The molecule has 0 radical (unpaired) electrons. The van der Waals surface area contributed by atoms with Crippen LogP contribution in [0.3, 0.4) is 0 Å². The first-order valence-electron chi connectivity index (χ1n) is 5.08. The average Bonchev–Trinajstić information content (AvgIpc) is 2.25. The summed E-state index contributed by atoms with van der Waals surface area (Å²) in [5, 5.41) is 10.8. The Hall–Kier alpha value is -1.37. The Bertz CT molecular complexity index is 308. The smallest absolute Gasteiger partial charge is 0.242 e. The fourth-order valence-electron chi connectivity index (χ4n) is 1.94. The molecule has 0 heterocycles. The van der Waals surface area contributed by atoms with E-state index in [1.165, 1.54) is 0 Å². The molecule has 1 aliphatic rings. The summed E-state index contributed by atoms with van der Waals surface area (Å²) in [7, 11) is 0. The van der Waals surface area contributed by atoms with Crippen molar-refractivity contribution in [3.8, 4) is 0 Å². The van der Waals surface area contributed by atoms with Crippen LogP contribution >= 0.6 is 12.2 Å². The van der Waals surface area contributed by atoms with Gasteiger partial charge in [0.25, 0.3) is 0 Å². The number of amides is 1. The van der Waals surface area contributed by atoms with E-state index in [-0.39, 0.29) is 5.11 Å². The zero-order valence-corrected chi connectivity index (χ0v) is 9.51. The summed E-state index contributed by atoms with van der Waals surface area (Å²) < 4.78 is 0. The normalized spacial score (nSPS) is 24.5. The Balaban J connectivity index is 2.57. The minimum Gasteiger partial charge on any atom is -0.550 e. The van der Waals surface area contributed by atoms with E-state index in [2.05, 4.69) is 23.1 Å². The van der Waals surface area contributed by atoms with Gasteiger partial charge in [0.2, 0.25) is 5.91 Å². The van der Waals surface area contributed by atoms with E-state index in [0.29, 0.717) is 12.8 Å². The van der Waals surface area contributed by atoms with Gasteiger partial charge in [-0.3, -0.25) is 15.6 Å². The summed E-state index contributed by atoms with van der Waals surface area (Å²) in [6.45, 7) is 0. The van der Waals surface area contributed by atoms with Gasteiger partial charge in [-0.1, -0.05) is 12.8 Å². The van der Waals surface area contributed by atoms with Crippen LogP contribution in [0.4, 0.5) is 0 Å². The van der Waals surface area contributed by atoms with Crippen LogP contribution in [0.1, 0.15) is 25.7 Å². The van der Waals surface area contributed by atoms with Crippen molar-refractivity contribution in [2.75, 3.05) is 0 Å². The molecule has 1 rings (SSSR count). The molecule has 2 atom stereocenters. The third-order valence-electron chi connectivity index (χ3n) is 2.71. The maximum absolute atomic E-state index is 11.6. The predicted molar refractivity (Wildman–Crippen MR) is 58.5 cm³/mol. The molecular formula is C9H14N3O3S-. The molecule has 7 heteroatoms. The van der Waals surface area contributed by atoms with E-state index < -0.39 is 23.7 Å². The molecular weight excluding hydrogens is 230 g/mol. The summed E-state index contributed by atoms with van der Waals surface area (Å²) in [4.78, 5) is 22.5. The number of aliphatic carboxylic acids is 1. The van der Waals surface area contributed by atoms with Gasteiger partial charge in [0.05, 0.1) is 0 Å². The van der Waals surface area contributed by atoms with Crippen molar-refractivity contribution in [2.24, 2.45) is 17.6 Å². The molecule has 0 aromatic rings. The molecule has 0 aliphatic heterocycles. The minimum absolute atomic E-state index is 0.0610. The maximum Gasteiger partial charge on any atom is 0.242 e. The van der Waals surface area contributed by atoms with Crippen molar-refractivity contribution >= 4 is 29.2 Å². The van der Waals surface area contributed by atoms with E-state index in [4.69, 9.17) is 5.73 Å². The van der Waals surface area contributed by atoms with Crippen LogP contribution in [-0.2, 0) is 9.59 Å². The highest BCUT2D eigenvalue weighted by Gasteiger charge is 2.31. The molecule has 90 valence electrons. The topological polar surface area (TPSA) is 107 Å². The third kappa shape index (κ3) is 3.34. The van der Waals surface area contributed by atoms with Crippen molar-refractivity contribution in [1.29, 1.82) is 0 Å². The molecule has 0 aromatic heterocycles. The quantitative estimate of drug-likeness (QED) is 0.399. The Morgan fingerprint density at radius 3 is 2.25 bits per heavy atom. The first-order chi connectivity index (χ1) is 7.52. The van der Waals surface area contributed by atoms with Crippen LogP contribution in [0.25, 0.3) is 0 Å². The van der Waals surface area contributed by atoms with Gasteiger partial charge in [0.1, 0.15) is 0 Å². The molecule has 0 aromatic carbocycles. The highest BCUT2D eigenvalue weighted by molar-refractivity contribution is 7.80. The third-order valence-corrected chi connectivity index (χ3v) is 2.82. The van der Waals surface area contributed by atoms with E-state index in [9.17, 15) is 14.7 Å². The summed E-state index contributed by atoms with van der Waals surface area (Å²) >= 11 is 4.52. The van der Waals surface area contributed by atoms with Crippen LogP contribution in [0.2, 0.25) is 0 Å². The molecule has 0 bridgehead atoms. The van der Waals surface area contributed by atoms with Crippen LogP contribution < -0.4 is 21.7 Å². The van der Waals surface area contributed by atoms with E-state index in [1.807, 2.05) is 0 Å². The number of carbonyl (C=O) groups is 2. The molecule has 2 unspecified atom stereocenters. The molecule has 1 saturated carbocycles. The van der Waals surface area contributed by atoms with Crippen LogP contribution in [0.15, 0.2) is 0 Å². The number of nitrogens with two attached hydrogens (primary N) is 1. The molecule has 0 spiro atoms. The Morgan fingerprint density at radius 2 is 1.75 bits per heavy atom. The second kappa shape index (κ2) is 5.64. The van der Waals surface area contributed by atoms with Crippen molar-refractivity contribution in [3.05, 3.63) is 0 Å². The number of carbonyl (C=O) groups excluding carboxylic acids is 2. The number of rotatable bonds is 2. The Labute approximate surface area is 98.5 Å². The monoisotopic (exact) mass is 244 g/mol. The Morgan fingerprint density at radius 1 is 1.19 bits per heavy atom. The van der Waals surface area contributed by atoms with Crippen molar-refractivity contribution in [2.45, 2.75) is 25.7 Å². The number of thiocarbonyl (C=S) groups is 1. The second-order valence-electron chi connectivity index (χ2n) is 3.79. The van der Waals surface area contributed by atoms with Crippen LogP contribution in [0.5, 0.6) is 0 Å². The lowest BCUT2D eigenvalue weighted by molar-refractivity contribution is -0.314. The molecule has 4 N–H and O–H groups in total. The highest BCUT2D eigenvalue weighted by Crippen LogP contribution is 2.29. The second-order valence-corrected chi connectivity index (χ2v) is 4.23. The summed E-state index contributed by atoms with van der Waals surface area (Å²) in [5.74, 6) is -2.86. The van der Waals surface area contributed by atoms with Crippen LogP contribution in [-0.4, -0.2) is 17.0 Å². The minimum atomic E-state index is -1.17. The van der Waals surface area contributed by atoms with Crippen molar-refractivity contribution < 1.29 is 14.7 Å². The molecule has 1 aliphatic carbocycles. The predicted octanol–water partition coefficient (Wildman–Crippen LogP) is -1.59. The highest BCUT2D eigenvalue weighted by atomic mass is 32.1. The van der Waals surface area contributed by atoms with Gasteiger partial charge in [-0.2, -0.15) is 0 Å². The number of hydrogen-bond acceptors (Lipinski definition) is 4. The molecule has 1 amide bonds. The Kier molecular flexibility index (Phi) is 4.48. The van der Waals surface area contributed by atoms with Gasteiger partial charge in [-0.05, 0) is 25.1 Å². The molecule has 6 nitrogen and oxygen atoms in total. The van der Waals surface area contributed by atoms with Gasteiger partial charge in [0, 0.05) is 17.8 Å². The molecule has 0 saturated heterocycles. The van der Waals surface area contributed by atoms with E-state index >= 15 is 0 Å². The number of hydrazine groups is 1. The van der Waals surface area contributed by atoms with Gasteiger partial charge in [-0.15, -0.1) is 0 Å². The summed E-state index contributed by atoms with van der Waals surface area (Å²) in [5.41, 5.74) is 9.73. The number of hydrogen-bond donors (Lipinski definition) is 3. The number of carboxylic acid groups (broad SMARTS) is 1. The average molecular weight is 244 g/mol. The SMILES string of the molecule is NC(=S)NNC(=O)C1CCCCC1C(=O)[O-]. The van der Waals surface area contributed by atoms with E-state index in [1.54, 1.807) is 0 Å². The summed E-state index contributed by atoms with van der Waals surface area (Å²) in [6, 6.07) is 0. The largest absolute Gasteiger partial charge is 0.550 e. The van der Waals surface area contributed by atoms with Crippen molar-refractivity contribution in [1.82, 2.24) is 10.9 Å². The number of nitrogens with one attached hydrogen (secondary N) is 2. The van der Waals surface area contributed by atoms with Crippen LogP contribution in [0, 0.1) is 11.8 Å². The maximum atomic E-state index is 11.6. The van der Waals surface area contributed by atoms with Gasteiger partial charge in [-0.25, -0.2) is 0 Å². The van der Waals surface area contributed by atoms with Gasteiger partial charge >= 0.3 is 0 Å². The fraction of sp³-hybridized carbons (Fsp3) is 0.667. The lowest BCUT2D eigenvalue weighted by Crippen LogP contribution is -2.50. The molecule has 1 fully saturated rings. The van der Waals surface area contributed by atoms with Gasteiger partial charge < -0.3 is 15.6 Å². The van der Waals surface area contributed by atoms with Crippen molar-refractivity contribution in [3.63, 3.8) is 0 Å². The number of carboxylic acids is 1. The lowest BCUT2D eigenvalue weighted by Gasteiger charge is -2.31. The zero-order valence-electron chi connectivity index (χ0n) is 8.69.